The molecule has 90 valence electrons. The third kappa shape index (κ3) is 4.73. The van der Waals surface area contributed by atoms with E-state index in [1.165, 1.54) is 0 Å². The predicted molar refractivity (Wildman–Crippen MR) is 75.3 cm³/mol. The maximum absolute atomic E-state index is 5.50. The Balaban J connectivity index is 2.59. The lowest BCUT2D eigenvalue weighted by molar-refractivity contribution is 0.205. The molecule has 0 spiro atoms. The molecular weight excluding hydrogens is 310 g/mol. The maximum Gasteiger partial charge on any atom is 0.186 e. The average molecular weight is 324 g/mol. The van der Waals surface area contributed by atoms with Gasteiger partial charge in [-0.25, -0.2) is 4.98 Å². The van der Waals surface area contributed by atoms with Gasteiger partial charge in [0, 0.05) is 32.0 Å². The molecule has 0 amide bonds. The molecule has 2 N–H and O–H groups in total. The molecule has 0 aliphatic rings. The second kappa shape index (κ2) is 7.16. The zero-order valence-electron chi connectivity index (χ0n) is 8.98. The first-order chi connectivity index (χ1) is 7.63. The average Bonchev–Trinajstić information content (AvgIpc) is 2.64. The predicted octanol–water partition coefficient (Wildman–Crippen LogP) is 2.03. The van der Waals surface area contributed by atoms with E-state index < -0.39 is 0 Å². The fraction of sp³-hybridized carbons (Fsp3) is 0.556. The number of nitrogens with two attached hydrogens (primary N) is 1. The Labute approximate surface area is 113 Å². The van der Waals surface area contributed by atoms with E-state index in [1.54, 1.807) is 18.4 Å². The second-order valence-corrected chi connectivity index (χ2v) is 5.32. The van der Waals surface area contributed by atoms with Crippen molar-refractivity contribution in [3.63, 3.8) is 0 Å². The lowest BCUT2D eigenvalue weighted by Crippen LogP contribution is -2.30. The highest BCUT2D eigenvalue weighted by atomic mass is 79.9. The first-order valence-corrected chi connectivity index (χ1v) is 6.84. The summed E-state index contributed by atoms with van der Waals surface area (Å²) in [5.74, 6) is 0. The molecule has 4 nitrogen and oxygen atoms in total. The number of rotatable bonds is 7. The van der Waals surface area contributed by atoms with Crippen LogP contribution in [-0.2, 0) is 4.74 Å². The molecule has 0 atom stereocenters. The van der Waals surface area contributed by atoms with Gasteiger partial charge in [-0.05, 0) is 15.9 Å². The van der Waals surface area contributed by atoms with Gasteiger partial charge in [0.15, 0.2) is 5.13 Å². The molecule has 0 bridgehead atoms. The minimum Gasteiger partial charge on any atom is -0.393 e. The van der Waals surface area contributed by atoms with Crippen LogP contribution in [0.3, 0.4) is 0 Å². The Kier molecular flexibility index (Phi) is 6.18. The van der Waals surface area contributed by atoms with Crippen molar-refractivity contribution in [1.29, 1.82) is 0 Å². The summed E-state index contributed by atoms with van der Waals surface area (Å²) < 4.78 is 5.92. The quantitative estimate of drug-likeness (QED) is 0.778. The van der Waals surface area contributed by atoms with E-state index in [-0.39, 0.29) is 0 Å². The smallest absolute Gasteiger partial charge is 0.186 e. The summed E-state index contributed by atoms with van der Waals surface area (Å²) in [5.41, 5.74) is 5.50. The molecule has 1 heterocycles. The molecule has 7 heteroatoms. The van der Waals surface area contributed by atoms with Crippen molar-refractivity contribution in [1.82, 2.24) is 4.98 Å². The summed E-state index contributed by atoms with van der Waals surface area (Å²) in [6, 6.07) is 0. The number of thiazole rings is 1. The van der Waals surface area contributed by atoms with Crippen molar-refractivity contribution in [2.75, 3.05) is 31.7 Å². The van der Waals surface area contributed by atoms with E-state index >= 15 is 0 Å². The van der Waals surface area contributed by atoms with Crippen LogP contribution in [0.2, 0.25) is 0 Å². The molecule has 1 aromatic heterocycles. The molecule has 0 saturated heterocycles. The number of thiocarbonyl (C=S) groups is 1. The van der Waals surface area contributed by atoms with Crippen molar-refractivity contribution in [3.8, 4) is 0 Å². The Morgan fingerprint density at radius 1 is 1.69 bits per heavy atom. The van der Waals surface area contributed by atoms with Gasteiger partial charge >= 0.3 is 0 Å². The highest BCUT2D eigenvalue weighted by Crippen LogP contribution is 2.23. The molecule has 0 aliphatic heterocycles. The number of aromatic nitrogens is 1. The van der Waals surface area contributed by atoms with Crippen LogP contribution in [0.1, 0.15) is 6.42 Å². The zero-order valence-corrected chi connectivity index (χ0v) is 12.2. The number of hydrogen-bond donors (Lipinski definition) is 1. The van der Waals surface area contributed by atoms with E-state index in [1.807, 2.05) is 5.38 Å². The Bertz CT molecular complexity index is 345. The summed E-state index contributed by atoms with van der Waals surface area (Å²) >= 11 is 9.80. The van der Waals surface area contributed by atoms with Gasteiger partial charge in [-0.1, -0.05) is 12.2 Å². The van der Waals surface area contributed by atoms with E-state index in [0.29, 0.717) is 18.0 Å². The third-order valence-corrected chi connectivity index (χ3v) is 3.74. The van der Waals surface area contributed by atoms with Crippen LogP contribution in [-0.4, -0.2) is 36.8 Å². The van der Waals surface area contributed by atoms with Gasteiger partial charge in [-0.15, -0.1) is 11.3 Å². The minimum absolute atomic E-state index is 0.526. The summed E-state index contributed by atoms with van der Waals surface area (Å²) in [6.07, 6.45) is 0.691. The van der Waals surface area contributed by atoms with Crippen molar-refractivity contribution in [2.45, 2.75) is 6.42 Å². The molecule has 1 aromatic rings. The molecule has 0 unspecified atom stereocenters. The van der Waals surface area contributed by atoms with E-state index in [9.17, 15) is 0 Å². The first-order valence-electron chi connectivity index (χ1n) is 4.76. The number of halogens is 1. The highest BCUT2D eigenvalue weighted by Gasteiger charge is 2.10. The molecule has 0 radical (unpaired) electrons. The van der Waals surface area contributed by atoms with Crippen LogP contribution in [0.25, 0.3) is 0 Å². The standard InChI is InChI=1S/C9H14BrN3OS2/c1-14-5-4-13(3-2-8(11)15)9-12-7(10)6-16-9/h6H,2-5H2,1H3,(H2,11,15). The molecule has 0 saturated carbocycles. The number of ether oxygens (including phenoxy) is 1. The summed E-state index contributed by atoms with van der Waals surface area (Å²) in [6.45, 7) is 2.23. The van der Waals surface area contributed by atoms with Gasteiger partial charge in [0.25, 0.3) is 0 Å². The van der Waals surface area contributed by atoms with E-state index in [0.717, 1.165) is 22.8 Å². The zero-order chi connectivity index (χ0) is 12.0. The van der Waals surface area contributed by atoms with Gasteiger partial charge in [-0.2, -0.15) is 0 Å². The minimum atomic E-state index is 0.526. The maximum atomic E-state index is 5.50. The van der Waals surface area contributed by atoms with Crippen LogP contribution in [0.4, 0.5) is 5.13 Å². The number of nitrogens with zero attached hydrogens (tertiary/aromatic N) is 2. The van der Waals surface area contributed by atoms with Crippen molar-refractivity contribution >= 4 is 49.6 Å². The number of hydrogen-bond acceptors (Lipinski definition) is 5. The summed E-state index contributed by atoms with van der Waals surface area (Å²) in [5, 5.41) is 2.91. The molecule has 0 aliphatic carbocycles. The van der Waals surface area contributed by atoms with Crippen molar-refractivity contribution in [2.24, 2.45) is 5.73 Å². The lowest BCUT2D eigenvalue weighted by Gasteiger charge is -2.20. The molecular formula is C9H14BrN3OS2. The van der Waals surface area contributed by atoms with Gasteiger partial charge in [0.1, 0.15) is 4.60 Å². The lowest BCUT2D eigenvalue weighted by atomic mass is 10.4. The first kappa shape index (κ1) is 13.8. The van der Waals surface area contributed by atoms with Crippen LogP contribution in [0.15, 0.2) is 9.98 Å². The Hall–Kier alpha value is -0.240. The fourth-order valence-corrected chi connectivity index (χ4v) is 2.54. The van der Waals surface area contributed by atoms with Crippen molar-refractivity contribution in [3.05, 3.63) is 9.98 Å². The third-order valence-electron chi connectivity index (χ3n) is 1.93. The monoisotopic (exact) mass is 323 g/mol. The molecule has 1 rings (SSSR count). The Morgan fingerprint density at radius 2 is 2.44 bits per heavy atom. The molecule has 0 aromatic carbocycles. The molecule has 0 fully saturated rings. The van der Waals surface area contributed by atoms with Gasteiger partial charge in [-0.3, -0.25) is 0 Å². The highest BCUT2D eigenvalue weighted by molar-refractivity contribution is 9.10. The fourth-order valence-electron chi connectivity index (χ4n) is 1.14. The van der Waals surface area contributed by atoms with Crippen LogP contribution < -0.4 is 10.6 Å². The van der Waals surface area contributed by atoms with Crippen LogP contribution in [0, 0.1) is 0 Å². The van der Waals surface area contributed by atoms with E-state index in [2.05, 4.69) is 25.8 Å². The van der Waals surface area contributed by atoms with Crippen LogP contribution >= 0.6 is 39.5 Å². The number of methoxy groups -OCH3 is 1. The summed E-state index contributed by atoms with van der Waals surface area (Å²) in [4.78, 5) is 7.01. The second-order valence-electron chi connectivity index (χ2n) is 3.15. The van der Waals surface area contributed by atoms with E-state index in [4.69, 9.17) is 22.7 Å². The summed E-state index contributed by atoms with van der Waals surface area (Å²) in [7, 11) is 1.68. The van der Waals surface area contributed by atoms with Crippen molar-refractivity contribution < 1.29 is 4.74 Å². The SMILES string of the molecule is COCCN(CCC(N)=S)c1nc(Br)cs1. The van der Waals surface area contributed by atoms with Gasteiger partial charge in [0.05, 0.1) is 11.6 Å². The largest absolute Gasteiger partial charge is 0.393 e. The Morgan fingerprint density at radius 3 is 2.94 bits per heavy atom. The topological polar surface area (TPSA) is 51.4 Å². The number of anilines is 1. The van der Waals surface area contributed by atoms with Gasteiger partial charge < -0.3 is 15.4 Å². The van der Waals surface area contributed by atoms with Gasteiger partial charge in [0.2, 0.25) is 0 Å². The molecule has 16 heavy (non-hydrogen) atoms. The normalized spacial score (nSPS) is 10.4. The van der Waals surface area contributed by atoms with Crippen LogP contribution in [0.5, 0.6) is 0 Å².